The van der Waals surface area contributed by atoms with Gasteiger partial charge in [0.2, 0.25) is 0 Å². The average Bonchev–Trinajstić information content (AvgIpc) is 2.59. The summed E-state index contributed by atoms with van der Waals surface area (Å²) in [6, 6.07) is 12.5. The van der Waals surface area contributed by atoms with E-state index in [2.05, 4.69) is 0 Å². The van der Waals surface area contributed by atoms with Gasteiger partial charge in [-0.15, -0.1) is 0 Å². The van der Waals surface area contributed by atoms with Gasteiger partial charge in [-0.1, -0.05) is 24.3 Å². The Hall–Kier alpha value is -2.38. The second-order valence-electron chi connectivity index (χ2n) is 4.68. The van der Waals surface area contributed by atoms with E-state index in [0.717, 1.165) is 4.31 Å². The number of hydrogen-bond donors (Lipinski definition) is 1. The second-order valence-corrected chi connectivity index (χ2v) is 6.54. The number of aliphatic hydroxyl groups is 1. The lowest BCUT2D eigenvalue weighted by atomic mass is 10.2. The summed E-state index contributed by atoms with van der Waals surface area (Å²) in [4.78, 5) is 11.1. The monoisotopic (exact) mass is 335 g/mol. The smallest absolute Gasteiger partial charge is 0.264 e. The molecule has 0 fully saturated rings. The summed E-state index contributed by atoms with van der Waals surface area (Å²) in [6.45, 7) is -0.611. The van der Waals surface area contributed by atoms with Crippen molar-refractivity contribution < 1.29 is 23.1 Å². The van der Waals surface area contributed by atoms with E-state index < -0.39 is 10.0 Å². The first-order valence-electron chi connectivity index (χ1n) is 6.83. The molecule has 0 amide bonds. The minimum Gasteiger partial charge on any atom is -0.495 e. The number of methoxy groups -OCH3 is 1. The van der Waals surface area contributed by atoms with Crippen molar-refractivity contribution in [2.45, 2.75) is 11.5 Å². The molecule has 0 atom stereocenters. The lowest BCUT2D eigenvalue weighted by molar-refractivity contribution is -0.106. The van der Waals surface area contributed by atoms with Gasteiger partial charge in [0.15, 0.2) is 0 Å². The number of anilines is 1. The van der Waals surface area contributed by atoms with Gasteiger partial charge < -0.3 is 14.6 Å². The number of nitrogens with zero attached hydrogens (tertiary/aromatic N) is 1. The normalized spacial score (nSPS) is 11.0. The molecule has 0 saturated heterocycles. The van der Waals surface area contributed by atoms with Gasteiger partial charge in [-0.25, -0.2) is 8.42 Å². The van der Waals surface area contributed by atoms with Crippen molar-refractivity contribution >= 4 is 22.0 Å². The highest BCUT2D eigenvalue weighted by molar-refractivity contribution is 7.92. The van der Waals surface area contributed by atoms with Crippen molar-refractivity contribution in [1.29, 1.82) is 0 Å². The molecule has 0 radical (unpaired) electrons. The number of hydrogen-bond acceptors (Lipinski definition) is 5. The number of benzene rings is 2. The molecule has 1 N–H and O–H groups in total. The van der Waals surface area contributed by atoms with Gasteiger partial charge in [0.1, 0.15) is 12.0 Å². The molecule has 0 saturated carbocycles. The minimum absolute atomic E-state index is 0.0679. The van der Waals surface area contributed by atoms with E-state index in [1.165, 1.54) is 25.3 Å². The molecule has 0 aromatic heterocycles. The third kappa shape index (κ3) is 3.52. The highest BCUT2D eigenvalue weighted by Gasteiger charge is 2.27. The van der Waals surface area contributed by atoms with Gasteiger partial charge in [0.05, 0.1) is 30.8 Å². The number of carbonyl (C=O) groups is 1. The number of aldehydes is 1. The van der Waals surface area contributed by atoms with E-state index in [-0.39, 0.29) is 23.7 Å². The van der Waals surface area contributed by atoms with E-state index in [1.54, 1.807) is 30.3 Å². The van der Waals surface area contributed by atoms with Crippen molar-refractivity contribution in [3.8, 4) is 5.75 Å². The van der Waals surface area contributed by atoms with Crippen LogP contribution in [0, 0.1) is 0 Å². The van der Waals surface area contributed by atoms with Gasteiger partial charge in [-0.3, -0.25) is 4.31 Å². The van der Waals surface area contributed by atoms with Crippen molar-refractivity contribution in [1.82, 2.24) is 0 Å². The van der Waals surface area contributed by atoms with Crippen LogP contribution in [0.2, 0.25) is 0 Å². The summed E-state index contributed by atoms with van der Waals surface area (Å²) >= 11 is 0. The zero-order chi connectivity index (χ0) is 16.9. The van der Waals surface area contributed by atoms with Crippen LogP contribution in [-0.2, 0) is 21.4 Å². The fraction of sp³-hybridized carbons (Fsp3) is 0.188. The van der Waals surface area contributed by atoms with E-state index in [0.29, 0.717) is 17.6 Å². The first kappa shape index (κ1) is 17.0. The predicted molar refractivity (Wildman–Crippen MR) is 86.0 cm³/mol. The highest BCUT2D eigenvalue weighted by atomic mass is 32.2. The molecule has 0 aliphatic rings. The van der Waals surface area contributed by atoms with Gasteiger partial charge in [-0.05, 0) is 29.8 Å². The lowest BCUT2D eigenvalue weighted by Crippen LogP contribution is -2.33. The Balaban J connectivity index is 2.61. The molecule has 0 aliphatic heterocycles. The zero-order valence-electron chi connectivity index (χ0n) is 12.5. The van der Waals surface area contributed by atoms with Gasteiger partial charge >= 0.3 is 0 Å². The molecule has 7 heteroatoms. The highest BCUT2D eigenvalue weighted by Crippen LogP contribution is 2.33. The number of aliphatic hydroxyl groups excluding tert-OH is 1. The average molecular weight is 335 g/mol. The molecule has 2 aromatic carbocycles. The molecule has 122 valence electrons. The Labute approximate surface area is 135 Å². The fourth-order valence-corrected chi connectivity index (χ4v) is 3.56. The Morgan fingerprint density at radius 1 is 1.17 bits per heavy atom. The number of carbonyl (C=O) groups excluding carboxylic acids is 1. The fourth-order valence-electron chi connectivity index (χ4n) is 2.14. The van der Waals surface area contributed by atoms with Gasteiger partial charge in [-0.2, -0.15) is 0 Å². The Morgan fingerprint density at radius 3 is 2.43 bits per heavy atom. The molecule has 0 heterocycles. The van der Waals surface area contributed by atoms with Crippen LogP contribution in [0.5, 0.6) is 5.75 Å². The quantitative estimate of drug-likeness (QED) is 0.777. The van der Waals surface area contributed by atoms with Crippen molar-refractivity contribution in [2.75, 3.05) is 18.0 Å². The first-order chi connectivity index (χ1) is 11.0. The van der Waals surface area contributed by atoms with Gasteiger partial charge in [0, 0.05) is 0 Å². The molecular weight excluding hydrogens is 318 g/mol. The summed E-state index contributed by atoms with van der Waals surface area (Å²) in [7, 11) is -2.52. The number of sulfonamides is 1. The summed E-state index contributed by atoms with van der Waals surface area (Å²) < 4.78 is 31.8. The molecule has 2 aromatic rings. The SMILES string of the molecule is COc1ccc(CO)cc1N(CC=O)S(=O)(=O)c1ccccc1. The van der Waals surface area contributed by atoms with Crippen molar-refractivity contribution in [3.63, 3.8) is 0 Å². The second kappa shape index (κ2) is 7.26. The maximum atomic E-state index is 12.8. The molecule has 0 spiro atoms. The van der Waals surface area contributed by atoms with Crippen LogP contribution in [0.1, 0.15) is 5.56 Å². The number of rotatable bonds is 7. The van der Waals surface area contributed by atoms with Crippen LogP contribution >= 0.6 is 0 Å². The van der Waals surface area contributed by atoms with E-state index >= 15 is 0 Å². The van der Waals surface area contributed by atoms with E-state index in [9.17, 15) is 18.3 Å². The van der Waals surface area contributed by atoms with E-state index in [1.807, 2.05) is 0 Å². The standard InChI is InChI=1S/C16H17NO5S/c1-22-16-8-7-13(12-19)11-15(16)17(9-10-18)23(20,21)14-5-3-2-4-6-14/h2-8,10-11,19H,9,12H2,1H3. The Morgan fingerprint density at radius 2 is 1.87 bits per heavy atom. The van der Waals surface area contributed by atoms with Crippen LogP contribution in [0.25, 0.3) is 0 Å². The number of ether oxygens (including phenoxy) is 1. The Bertz CT molecular complexity index is 774. The molecule has 0 aliphatic carbocycles. The summed E-state index contributed by atoms with van der Waals surface area (Å²) in [5.74, 6) is 0.295. The van der Waals surface area contributed by atoms with Crippen molar-refractivity contribution in [2.24, 2.45) is 0 Å². The van der Waals surface area contributed by atoms with Gasteiger partial charge in [0.25, 0.3) is 10.0 Å². The Kier molecular flexibility index (Phi) is 5.36. The van der Waals surface area contributed by atoms with Crippen LogP contribution < -0.4 is 9.04 Å². The minimum atomic E-state index is -3.93. The van der Waals surface area contributed by atoms with Crippen LogP contribution in [0.15, 0.2) is 53.4 Å². The largest absolute Gasteiger partial charge is 0.495 e. The van der Waals surface area contributed by atoms with Crippen molar-refractivity contribution in [3.05, 3.63) is 54.1 Å². The molecule has 6 nitrogen and oxygen atoms in total. The predicted octanol–water partition coefficient (Wildman–Crippen LogP) is 1.58. The summed E-state index contributed by atoms with van der Waals surface area (Å²) in [5, 5.41) is 9.28. The third-order valence-electron chi connectivity index (χ3n) is 3.27. The molecule has 23 heavy (non-hydrogen) atoms. The summed E-state index contributed by atoms with van der Waals surface area (Å²) in [6.07, 6.45) is 0.506. The van der Waals surface area contributed by atoms with Crippen LogP contribution in [0.3, 0.4) is 0 Å². The maximum absolute atomic E-state index is 12.8. The van der Waals surface area contributed by atoms with E-state index in [4.69, 9.17) is 4.74 Å². The molecule has 0 bridgehead atoms. The van der Waals surface area contributed by atoms with Crippen LogP contribution in [-0.4, -0.2) is 33.5 Å². The maximum Gasteiger partial charge on any atom is 0.264 e. The molecule has 0 unspecified atom stereocenters. The first-order valence-corrected chi connectivity index (χ1v) is 8.27. The lowest BCUT2D eigenvalue weighted by Gasteiger charge is -2.24. The molecule has 2 rings (SSSR count). The topological polar surface area (TPSA) is 83.9 Å². The molecular formula is C16H17NO5S. The third-order valence-corrected chi connectivity index (χ3v) is 5.06. The van der Waals surface area contributed by atoms with Crippen LogP contribution in [0.4, 0.5) is 5.69 Å². The summed E-state index contributed by atoms with van der Waals surface area (Å²) in [5.41, 5.74) is 0.718. The zero-order valence-corrected chi connectivity index (χ0v) is 13.4.